The van der Waals surface area contributed by atoms with Crippen LogP contribution in [0.25, 0.3) is 0 Å². The number of amides is 2. The molecule has 138 valence electrons. The minimum atomic E-state index is -0.196. The van der Waals surface area contributed by atoms with E-state index >= 15 is 0 Å². The molecule has 1 N–H and O–H groups in total. The third-order valence-electron chi connectivity index (χ3n) is 4.18. The fourth-order valence-electron chi connectivity index (χ4n) is 2.78. The molecular formula is C21H22N4O2. The molecule has 0 saturated heterocycles. The van der Waals surface area contributed by atoms with Crippen molar-refractivity contribution in [3.8, 4) is 0 Å². The van der Waals surface area contributed by atoms with E-state index in [1.165, 1.54) is 4.68 Å². The van der Waals surface area contributed by atoms with Gasteiger partial charge >= 0.3 is 0 Å². The lowest BCUT2D eigenvalue weighted by atomic mass is 10.1. The summed E-state index contributed by atoms with van der Waals surface area (Å²) >= 11 is 0. The molecule has 1 heterocycles. The van der Waals surface area contributed by atoms with Crippen LogP contribution in [0.15, 0.2) is 66.7 Å². The predicted octanol–water partition coefficient (Wildman–Crippen LogP) is 2.87. The van der Waals surface area contributed by atoms with E-state index in [1.54, 1.807) is 25.1 Å². The molecule has 0 unspecified atom stereocenters. The number of nitrogens with zero attached hydrogens (tertiary/aromatic N) is 3. The number of carbonyl (C=O) groups excluding carboxylic acids is 2. The number of hydrogen-bond acceptors (Lipinski definition) is 3. The van der Waals surface area contributed by atoms with E-state index in [1.807, 2.05) is 60.7 Å². The minimum absolute atomic E-state index is 0.152. The smallest absolute Gasteiger partial charge is 0.274 e. The van der Waals surface area contributed by atoms with Crippen LogP contribution in [0.3, 0.4) is 0 Å². The molecule has 0 saturated carbocycles. The van der Waals surface area contributed by atoms with Crippen LogP contribution < -0.4 is 5.32 Å². The van der Waals surface area contributed by atoms with E-state index in [9.17, 15) is 9.59 Å². The van der Waals surface area contributed by atoms with Gasteiger partial charge in [-0.3, -0.25) is 14.3 Å². The topological polar surface area (TPSA) is 67.2 Å². The van der Waals surface area contributed by atoms with Gasteiger partial charge in [0, 0.05) is 26.7 Å². The van der Waals surface area contributed by atoms with E-state index in [4.69, 9.17) is 0 Å². The average molecular weight is 362 g/mol. The molecule has 0 spiro atoms. The highest BCUT2D eigenvalue weighted by molar-refractivity contribution is 5.95. The third-order valence-corrected chi connectivity index (χ3v) is 4.18. The first-order valence-electron chi connectivity index (χ1n) is 8.70. The van der Waals surface area contributed by atoms with Crippen LogP contribution in [0.4, 0.5) is 5.82 Å². The van der Waals surface area contributed by atoms with E-state index in [-0.39, 0.29) is 18.2 Å². The van der Waals surface area contributed by atoms with Gasteiger partial charge in [0.2, 0.25) is 5.91 Å². The molecule has 0 fully saturated rings. The fraction of sp³-hybridized carbons (Fsp3) is 0.190. The Kier molecular flexibility index (Phi) is 5.66. The molecule has 0 bridgehead atoms. The highest BCUT2D eigenvalue weighted by atomic mass is 16.2. The lowest BCUT2D eigenvalue weighted by Gasteiger charge is -2.15. The SMILES string of the molecule is CN(Cc1ccccc1)C(=O)c1cc(NC(=O)Cc2ccccc2)n(C)n1. The average Bonchev–Trinajstić information content (AvgIpc) is 3.03. The zero-order valence-electron chi connectivity index (χ0n) is 15.4. The molecule has 6 nitrogen and oxygen atoms in total. The van der Waals surface area contributed by atoms with Crippen LogP contribution in [0, 0.1) is 0 Å². The van der Waals surface area contributed by atoms with Crippen LogP contribution in [-0.4, -0.2) is 33.5 Å². The summed E-state index contributed by atoms with van der Waals surface area (Å²) in [6, 6.07) is 20.9. The summed E-state index contributed by atoms with van der Waals surface area (Å²) in [6.07, 6.45) is 0.267. The Morgan fingerprint density at radius 3 is 2.22 bits per heavy atom. The number of anilines is 1. The van der Waals surface area contributed by atoms with Gasteiger partial charge in [0.15, 0.2) is 5.69 Å². The summed E-state index contributed by atoms with van der Waals surface area (Å²) in [5.41, 5.74) is 2.27. The molecule has 2 aromatic carbocycles. The van der Waals surface area contributed by atoms with Gasteiger partial charge < -0.3 is 10.2 Å². The van der Waals surface area contributed by atoms with Crippen LogP contribution in [0.1, 0.15) is 21.6 Å². The van der Waals surface area contributed by atoms with Crippen molar-refractivity contribution < 1.29 is 9.59 Å². The molecule has 0 aliphatic rings. The number of aromatic nitrogens is 2. The standard InChI is InChI=1S/C21H22N4O2/c1-24(15-17-11-7-4-8-12-17)21(27)18-14-19(25(2)23-18)22-20(26)13-16-9-5-3-6-10-16/h3-12,14H,13,15H2,1-2H3,(H,22,26). The third kappa shape index (κ3) is 4.82. The lowest BCUT2D eigenvalue weighted by molar-refractivity contribution is -0.115. The van der Waals surface area contributed by atoms with E-state index in [2.05, 4.69) is 10.4 Å². The largest absolute Gasteiger partial charge is 0.336 e. The van der Waals surface area contributed by atoms with Crippen molar-refractivity contribution in [1.82, 2.24) is 14.7 Å². The summed E-state index contributed by atoms with van der Waals surface area (Å²) in [5, 5.41) is 7.06. The van der Waals surface area contributed by atoms with Crippen molar-refractivity contribution >= 4 is 17.6 Å². The van der Waals surface area contributed by atoms with Crippen LogP contribution >= 0.6 is 0 Å². The van der Waals surface area contributed by atoms with Crippen LogP contribution in [0.2, 0.25) is 0 Å². The Bertz CT molecular complexity index is 920. The quantitative estimate of drug-likeness (QED) is 0.733. The number of nitrogens with one attached hydrogen (secondary N) is 1. The number of hydrogen-bond donors (Lipinski definition) is 1. The second-order valence-corrected chi connectivity index (χ2v) is 6.40. The normalized spacial score (nSPS) is 10.4. The lowest BCUT2D eigenvalue weighted by Crippen LogP contribution is -2.26. The van der Waals surface area contributed by atoms with Gasteiger partial charge in [-0.25, -0.2) is 0 Å². The minimum Gasteiger partial charge on any atom is -0.336 e. The van der Waals surface area contributed by atoms with Gasteiger partial charge in [-0.2, -0.15) is 5.10 Å². The van der Waals surface area contributed by atoms with Crippen molar-refractivity contribution in [1.29, 1.82) is 0 Å². The summed E-state index contributed by atoms with van der Waals surface area (Å²) in [6.45, 7) is 0.492. The van der Waals surface area contributed by atoms with Gasteiger partial charge in [-0.05, 0) is 11.1 Å². The van der Waals surface area contributed by atoms with E-state index < -0.39 is 0 Å². The van der Waals surface area contributed by atoms with Crippen LogP contribution in [-0.2, 0) is 24.8 Å². The highest BCUT2D eigenvalue weighted by Crippen LogP contribution is 2.13. The first kappa shape index (κ1) is 18.4. The Labute approximate surface area is 158 Å². The fourth-order valence-corrected chi connectivity index (χ4v) is 2.78. The number of carbonyl (C=O) groups is 2. The molecule has 3 rings (SSSR count). The molecule has 0 aliphatic carbocycles. The molecule has 3 aromatic rings. The van der Waals surface area contributed by atoms with E-state index in [0.717, 1.165) is 11.1 Å². The summed E-state index contributed by atoms with van der Waals surface area (Å²) in [5.74, 6) is 0.145. The molecule has 0 aliphatic heterocycles. The zero-order valence-corrected chi connectivity index (χ0v) is 15.4. The van der Waals surface area contributed by atoms with Crippen molar-refractivity contribution in [2.75, 3.05) is 12.4 Å². The first-order chi connectivity index (χ1) is 13.0. The Morgan fingerprint density at radius 2 is 1.59 bits per heavy atom. The molecule has 1 aromatic heterocycles. The van der Waals surface area contributed by atoms with Crippen molar-refractivity contribution in [2.45, 2.75) is 13.0 Å². The molecule has 0 atom stereocenters. The molecule has 0 radical (unpaired) electrons. The number of benzene rings is 2. The van der Waals surface area contributed by atoms with Gasteiger partial charge in [-0.15, -0.1) is 0 Å². The monoisotopic (exact) mass is 362 g/mol. The van der Waals surface area contributed by atoms with Crippen molar-refractivity contribution in [3.05, 3.63) is 83.6 Å². The molecule has 27 heavy (non-hydrogen) atoms. The Morgan fingerprint density at radius 1 is 1.00 bits per heavy atom. The maximum Gasteiger partial charge on any atom is 0.274 e. The van der Waals surface area contributed by atoms with Gasteiger partial charge in [-0.1, -0.05) is 60.7 Å². The maximum atomic E-state index is 12.6. The van der Waals surface area contributed by atoms with Crippen molar-refractivity contribution in [3.63, 3.8) is 0 Å². The summed E-state index contributed by atoms with van der Waals surface area (Å²) < 4.78 is 1.51. The van der Waals surface area contributed by atoms with Crippen molar-refractivity contribution in [2.24, 2.45) is 7.05 Å². The molecule has 6 heteroatoms. The van der Waals surface area contributed by atoms with E-state index in [0.29, 0.717) is 18.1 Å². The number of rotatable bonds is 6. The summed E-state index contributed by atoms with van der Waals surface area (Å²) in [7, 11) is 3.43. The maximum absolute atomic E-state index is 12.6. The Hall–Kier alpha value is -3.41. The molecule has 2 amide bonds. The van der Waals surface area contributed by atoms with Crippen LogP contribution in [0.5, 0.6) is 0 Å². The zero-order chi connectivity index (χ0) is 19.2. The summed E-state index contributed by atoms with van der Waals surface area (Å²) in [4.78, 5) is 26.5. The Balaban J connectivity index is 1.64. The highest BCUT2D eigenvalue weighted by Gasteiger charge is 2.18. The van der Waals surface area contributed by atoms with Gasteiger partial charge in [0.1, 0.15) is 5.82 Å². The first-order valence-corrected chi connectivity index (χ1v) is 8.70. The molecular weight excluding hydrogens is 340 g/mol. The second kappa shape index (κ2) is 8.31. The number of aryl methyl sites for hydroxylation is 1. The van der Waals surface area contributed by atoms with Gasteiger partial charge in [0.05, 0.1) is 6.42 Å². The van der Waals surface area contributed by atoms with Gasteiger partial charge in [0.25, 0.3) is 5.91 Å². The second-order valence-electron chi connectivity index (χ2n) is 6.40. The predicted molar refractivity (Wildman–Crippen MR) is 104 cm³/mol.